The molecule has 3 rings (SSSR count). The Morgan fingerprint density at radius 1 is 1.13 bits per heavy atom. The highest BCUT2D eigenvalue weighted by Gasteiger charge is 2.35. The van der Waals surface area contributed by atoms with E-state index in [1.807, 2.05) is 26.8 Å². The molecular formula is C21H27Cl2N5O2. The van der Waals surface area contributed by atoms with Crippen LogP contribution in [0.3, 0.4) is 0 Å². The molecule has 1 aliphatic rings. The molecule has 7 nitrogen and oxygen atoms in total. The summed E-state index contributed by atoms with van der Waals surface area (Å²) in [5.74, 6) is 0.698. The quantitative estimate of drug-likeness (QED) is 0.580. The number of likely N-dealkylation sites (N-methyl/N-ethyl adjacent to an activating group) is 1. The molecule has 1 fully saturated rings. The molecule has 1 amide bonds. The maximum Gasteiger partial charge on any atom is 0.407 e. The molecule has 3 N–H and O–H groups in total. The molecule has 9 heteroatoms. The lowest BCUT2D eigenvalue weighted by Crippen LogP contribution is -2.43. The Bertz CT molecular complexity index is 925. The van der Waals surface area contributed by atoms with E-state index in [0.29, 0.717) is 41.8 Å². The molecule has 1 aliphatic heterocycles. The minimum absolute atomic E-state index is 0.00747. The van der Waals surface area contributed by atoms with Crippen LogP contribution in [-0.2, 0) is 12.8 Å². The average molecular weight is 452 g/mol. The average Bonchev–Trinajstić information content (AvgIpc) is 3.11. The largest absolute Gasteiger partial charge is 0.465 e. The normalized spacial score (nSPS) is 18.6. The van der Waals surface area contributed by atoms with Gasteiger partial charge in [-0.05, 0) is 37.6 Å². The predicted molar refractivity (Wildman–Crippen MR) is 121 cm³/mol. The van der Waals surface area contributed by atoms with E-state index in [9.17, 15) is 9.90 Å². The van der Waals surface area contributed by atoms with Gasteiger partial charge in [0, 0.05) is 29.7 Å². The van der Waals surface area contributed by atoms with Crippen LogP contribution < -0.4 is 10.6 Å². The first kappa shape index (κ1) is 22.6. The van der Waals surface area contributed by atoms with Gasteiger partial charge in [0.2, 0.25) is 0 Å². The van der Waals surface area contributed by atoms with Crippen molar-refractivity contribution in [3.05, 3.63) is 39.6 Å². The fraction of sp³-hybridized carbons (Fsp3) is 0.476. The number of aromatic nitrogens is 2. The molecular weight excluding hydrogens is 425 g/mol. The number of nitrogens with one attached hydrogen (secondary N) is 2. The number of hydrogen-bond donors (Lipinski definition) is 3. The minimum Gasteiger partial charge on any atom is -0.465 e. The highest BCUT2D eigenvalue weighted by Crippen LogP contribution is 2.32. The number of amides is 1. The first-order valence-corrected chi connectivity index (χ1v) is 11.0. The van der Waals surface area contributed by atoms with Gasteiger partial charge in [0.15, 0.2) is 0 Å². The summed E-state index contributed by atoms with van der Waals surface area (Å²) in [6.07, 6.45) is 0.451. The zero-order valence-corrected chi connectivity index (χ0v) is 18.9. The molecule has 1 aromatic carbocycles. The first-order chi connectivity index (χ1) is 14.4. The molecule has 0 unspecified atom stereocenters. The summed E-state index contributed by atoms with van der Waals surface area (Å²) in [5.41, 5.74) is 3.20. The summed E-state index contributed by atoms with van der Waals surface area (Å²) in [6.45, 7) is 7.65. The van der Waals surface area contributed by atoms with Crippen LogP contribution >= 0.6 is 23.2 Å². The van der Waals surface area contributed by atoms with E-state index < -0.39 is 6.09 Å². The summed E-state index contributed by atoms with van der Waals surface area (Å²) in [4.78, 5) is 22.6. The second-order valence-corrected chi connectivity index (χ2v) is 8.09. The highest BCUT2D eigenvalue weighted by atomic mass is 35.5. The zero-order valence-electron chi connectivity index (χ0n) is 17.4. The molecule has 0 bridgehead atoms. The lowest BCUT2D eigenvalue weighted by molar-refractivity contribution is 0.154. The molecule has 0 radical (unpaired) electrons. The second kappa shape index (κ2) is 9.81. The molecule has 162 valence electrons. The van der Waals surface area contributed by atoms with Gasteiger partial charge in [-0.25, -0.2) is 14.8 Å². The molecule has 1 saturated heterocycles. The fourth-order valence-electron chi connectivity index (χ4n) is 3.76. The number of halogens is 2. The number of hydrogen-bond acceptors (Lipinski definition) is 5. The third-order valence-electron chi connectivity index (χ3n) is 5.28. The van der Waals surface area contributed by atoms with Crippen molar-refractivity contribution in [1.29, 1.82) is 0 Å². The number of benzene rings is 1. The molecule has 0 aliphatic carbocycles. The van der Waals surface area contributed by atoms with Crippen molar-refractivity contribution >= 4 is 35.1 Å². The zero-order chi connectivity index (χ0) is 21.8. The van der Waals surface area contributed by atoms with Gasteiger partial charge in [0.25, 0.3) is 0 Å². The number of likely N-dealkylation sites (tertiary alicyclic amines) is 1. The molecule has 0 saturated carbocycles. The highest BCUT2D eigenvalue weighted by molar-refractivity contribution is 6.36. The van der Waals surface area contributed by atoms with E-state index in [1.54, 1.807) is 12.1 Å². The van der Waals surface area contributed by atoms with Crippen LogP contribution in [-0.4, -0.2) is 57.8 Å². The van der Waals surface area contributed by atoms with Gasteiger partial charge in [0.1, 0.15) is 5.82 Å². The van der Waals surface area contributed by atoms with Gasteiger partial charge in [0.05, 0.1) is 28.1 Å². The van der Waals surface area contributed by atoms with E-state index >= 15 is 0 Å². The van der Waals surface area contributed by atoms with Crippen LogP contribution in [0.4, 0.5) is 10.6 Å². The van der Waals surface area contributed by atoms with Crippen molar-refractivity contribution in [2.75, 3.05) is 25.0 Å². The van der Waals surface area contributed by atoms with E-state index in [1.165, 1.54) is 4.90 Å². The third-order valence-corrected chi connectivity index (χ3v) is 5.82. The predicted octanol–water partition coefficient (Wildman–Crippen LogP) is 4.33. The first-order valence-electron chi connectivity index (χ1n) is 10.2. The Morgan fingerprint density at radius 3 is 2.43 bits per heavy atom. The monoisotopic (exact) mass is 451 g/mol. The smallest absolute Gasteiger partial charge is 0.407 e. The van der Waals surface area contributed by atoms with Crippen molar-refractivity contribution < 1.29 is 9.90 Å². The number of carbonyl (C=O) groups is 1. The van der Waals surface area contributed by atoms with Crippen LogP contribution in [0.2, 0.25) is 10.0 Å². The maximum absolute atomic E-state index is 11.5. The number of nitrogens with zero attached hydrogens (tertiary/aromatic N) is 3. The Balaban J connectivity index is 1.96. The van der Waals surface area contributed by atoms with Crippen molar-refractivity contribution in [3.63, 3.8) is 0 Å². The van der Waals surface area contributed by atoms with E-state index in [4.69, 9.17) is 33.2 Å². The summed E-state index contributed by atoms with van der Waals surface area (Å²) in [6, 6.07) is 5.28. The Hall–Kier alpha value is -2.09. The molecule has 0 spiro atoms. The van der Waals surface area contributed by atoms with Crippen molar-refractivity contribution in [3.8, 4) is 11.3 Å². The number of anilines is 1. The van der Waals surface area contributed by atoms with Crippen LogP contribution in [0, 0.1) is 0 Å². The van der Waals surface area contributed by atoms with Gasteiger partial charge < -0.3 is 20.6 Å². The Labute approximate surface area is 186 Å². The standard InChI is InChI=1S/C21H27Cl2N5O2/c1-4-15-19(13-8-7-12(22)9-14(13)23)25-16(5-2)20(26-15)27-18-11-28(21(29)30)10-17(18)24-6-3/h7-9,17-18,24H,4-6,10-11H2,1-3H3,(H,26,27)(H,29,30)/t17-,18+/m0/s1. The summed E-state index contributed by atoms with van der Waals surface area (Å²) in [7, 11) is 0. The van der Waals surface area contributed by atoms with Crippen molar-refractivity contribution in [2.45, 2.75) is 45.7 Å². The van der Waals surface area contributed by atoms with Gasteiger partial charge in [-0.1, -0.05) is 44.0 Å². The summed E-state index contributed by atoms with van der Waals surface area (Å²) >= 11 is 12.5. The van der Waals surface area contributed by atoms with Gasteiger partial charge in [-0.2, -0.15) is 0 Å². The van der Waals surface area contributed by atoms with Gasteiger partial charge >= 0.3 is 6.09 Å². The van der Waals surface area contributed by atoms with Crippen LogP contribution in [0.15, 0.2) is 18.2 Å². The third kappa shape index (κ3) is 4.79. The molecule has 2 aromatic rings. The van der Waals surface area contributed by atoms with E-state index in [-0.39, 0.29) is 12.1 Å². The topological polar surface area (TPSA) is 90.4 Å². The lowest BCUT2D eigenvalue weighted by Gasteiger charge is -2.23. The maximum atomic E-state index is 11.5. The molecule has 1 aromatic heterocycles. The molecule has 2 atom stereocenters. The van der Waals surface area contributed by atoms with Crippen molar-refractivity contribution in [2.24, 2.45) is 0 Å². The van der Waals surface area contributed by atoms with Crippen LogP contribution in [0.25, 0.3) is 11.3 Å². The Kier molecular flexibility index (Phi) is 7.39. The SMILES string of the molecule is CCN[C@H]1CN(C(=O)O)C[C@H]1Nc1nc(CC)c(-c2ccc(Cl)cc2Cl)nc1CC. The van der Waals surface area contributed by atoms with Gasteiger partial charge in [-0.15, -0.1) is 0 Å². The van der Waals surface area contributed by atoms with Crippen molar-refractivity contribution in [1.82, 2.24) is 20.2 Å². The second-order valence-electron chi connectivity index (χ2n) is 7.25. The lowest BCUT2D eigenvalue weighted by atomic mass is 10.1. The number of rotatable bonds is 7. The van der Waals surface area contributed by atoms with E-state index in [0.717, 1.165) is 29.2 Å². The molecule has 30 heavy (non-hydrogen) atoms. The van der Waals surface area contributed by atoms with Crippen LogP contribution in [0.5, 0.6) is 0 Å². The fourth-order valence-corrected chi connectivity index (χ4v) is 4.26. The van der Waals surface area contributed by atoms with E-state index in [2.05, 4.69) is 10.6 Å². The Morgan fingerprint density at radius 2 is 1.83 bits per heavy atom. The number of aryl methyl sites for hydroxylation is 2. The minimum atomic E-state index is -0.911. The summed E-state index contributed by atoms with van der Waals surface area (Å²) < 4.78 is 0. The molecule has 2 heterocycles. The van der Waals surface area contributed by atoms with Crippen LogP contribution in [0.1, 0.15) is 32.2 Å². The summed E-state index contributed by atoms with van der Waals surface area (Å²) in [5, 5.41) is 17.3. The number of carboxylic acid groups (broad SMARTS) is 1. The van der Waals surface area contributed by atoms with Gasteiger partial charge in [-0.3, -0.25) is 0 Å².